The molecule has 1 amide bonds. The lowest BCUT2D eigenvalue weighted by molar-refractivity contribution is -0.128. The van der Waals surface area contributed by atoms with Crippen LogP contribution in [0.15, 0.2) is 0 Å². The number of hydrogen-bond donors (Lipinski definition) is 2. The van der Waals surface area contributed by atoms with Crippen LogP contribution in [0, 0.1) is 17.8 Å². The van der Waals surface area contributed by atoms with Gasteiger partial charge >= 0.3 is 0 Å². The molecule has 3 aliphatic carbocycles. The van der Waals surface area contributed by atoms with Gasteiger partial charge in [0.1, 0.15) is 0 Å². The Bertz CT molecular complexity index is 335. The molecule has 3 N–H and O–H groups in total. The molecule has 120 valence electrons. The molecule has 3 saturated carbocycles. The molecule has 2 atom stereocenters. The highest BCUT2D eigenvalue weighted by Crippen LogP contribution is 2.42. The van der Waals surface area contributed by atoms with E-state index in [-0.39, 0.29) is 5.92 Å². The Morgan fingerprint density at radius 2 is 1.38 bits per heavy atom. The molecule has 0 aromatic heterocycles. The first kappa shape index (κ1) is 15.3. The molecule has 0 aliphatic heterocycles. The largest absolute Gasteiger partial charge is 0.353 e. The monoisotopic (exact) mass is 292 g/mol. The van der Waals surface area contributed by atoms with Crippen molar-refractivity contribution >= 4 is 5.91 Å². The molecule has 3 nitrogen and oxygen atoms in total. The first-order chi connectivity index (χ1) is 10.2. The van der Waals surface area contributed by atoms with Crippen molar-refractivity contribution in [3.63, 3.8) is 0 Å². The molecule has 3 rings (SSSR count). The Labute approximate surface area is 129 Å². The Balaban J connectivity index is 1.53. The molecule has 0 aromatic rings. The fourth-order valence-electron chi connectivity index (χ4n) is 4.92. The van der Waals surface area contributed by atoms with Gasteiger partial charge in [-0.05, 0) is 50.4 Å². The second-order valence-electron chi connectivity index (χ2n) is 7.75. The van der Waals surface area contributed by atoms with Crippen molar-refractivity contribution in [3.8, 4) is 0 Å². The topological polar surface area (TPSA) is 55.1 Å². The summed E-state index contributed by atoms with van der Waals surface area (Å²) in [6.45, 7) is 0. The summed E-state index contributed by atoms with van der Waals surface area (Å²) in [4.78, 5) is 12.7. The lowest BCUT2D eigenvalue weighted by Gasteiger charge is -2.43. The molecule has 0 radical (unpaired) electrons. The van der Waals surface area contributed by atoms with Crippen LogP contribution in [0.25, 0.3) is 0 Å². The summed E-state index contributed by atoms with van der Waals surface area (Å²) < 4.78 is 0. The first-order valence-electron chi connectivity index (χ1n) is 9.30. The van der Waals surface area contributed by atoms with E-state index >= 15 is 0 Å². The Morgan fingerprint density at radius 3 is 2.00 bits per heavy atom. The number of carbonyl (C=O) groups excluding carboxylic acids is 1. The van der Waals surface area contributed by atoms with Gasteiger partial charge in [-0.3, -0.25) is 4.79 Å². The molecule has 3 fully saturated rings. The van der Waals surface area contributed by atoms with Crippen molar-refractivity contribution in [3.05, 3.63) is 0 Å². The summed E-state index contributed by atoms with van der Waals surface area (Å²) >= 11 is 0. The maximum absolute atomic E-state index is 12.7. The minimum atomic E-state index is 0.241. The molecule has 3 aliphatic rings. The van der Waals surface area contributed by atoms with Crippen LogP contribution in [0.1, 0.15) is 77.0 Å². The average molecular weight is 292 g/mol. The maximum atomic E-state index is 12.7. The van der Waals surface area contributed by atoms with Gasteiger partial charge < -0.3 is 11.1 Å². The van der Waals surface area contributed by atoms with Gasteiger partial charge in [0.25, 0.3) is 0 Å². The minimum Gasteiger partial charge on any atom is -0.353 e. The number of fused-ring (bicyclic) bond motifs is 2. The van der Waals surface area contributed by atoms with Crippen molar-refractivity contribution in [2.75, 3.05) is 0 Å². The highest BCUT2D eigenvalue weighted by Gasteiger charge is 2.40. The summed E-state index contributed by atoms with van der Waals surface area (Å²) in [6, 6.07) is 0.803. The van der Waals surface area contributed by atoms with E-state index in [0.29, 0.717) is 29.8 Å². The molecule has 0 aromatic carbocycles. The fourth-order valence-corrected chi connectivity index (χ4v) is 4.92. The third-order valence-corrected chi connectivity index (χ3v) is 6.24. The zero-order chi connectivity index (χ0) is 14.7. The van der Waals surface area contributed by atoms with Crippen LogP contribution in [0.3, 0.4) is 0 Å². The molecule has 2 bridgehead atoms. The highest BCUT2D eigenvalue weighted by molar-refractivity contribution is 5.79. The van der Waals surface area contributed by atoms with Gasteiger partial charge in [-0.2, -0.15) is 0 Å². The van der Waals surface area contributed by atoms with Crippen molar-refractivity contribution in [2.24, 2.45) is 23.5 Å². The lowest BCUT2D eigenvalue weighted by Crippen LogP contribution is -2.50. The van der Waals surface area contributed by atoms with Gasteiger partial charge in [-0.25, -0.2) is 0 Å². The predicted molar refractivity (Wildman–Crippen MR) is 85.8 cm³/mol. The fraction of sp³-hybridized carbons (Fsp3) is 0.944. The second kappa shape index (κ2) is 7.13. The van der Waals surface area contributed by atoms with Crippen LogP contribution in [0.5, 0.6) is 0 Å². The summed E-state index contributed by atoms with van der Waals surface area (Å²) in [7, 11) is 0. The minimum absolute atomic E-state index is 0.241. The number of hydrogen-bond acceptors (Lipinski definition) is 2. The standard InChI is InChI=1S/C18H32N2O/c19-17-13-7-6-8-14(17)12-15(11-13)18(21)20-16-9-4-2-1-3-5-10-16/h13-17H,1-12,19H2,(H,20,21). The highest BCUT2D eigenvalue weighted by atomic mass is 16.1. The third kappa shape index (κ3) is 3.80. The molecule has 0 spiro atoms. The van der Waals surface area contributed by atoms with E-state index in [1.54, 1.807) is 0 Å². The van der Waals surface area contributed by atoms with Crippen molar-refractivity contribution < 1.29 is 4.79 Å². The van der Waals surface area contributed by atoms with Crippen molar-refractivity contribution in [1.82, 2.24) is 5.32 Å². The van der Waals surface area contributed by atoms with Gasteiger partial charge in [-0.1, -0.05) is 38.5 Å². The van der Waals surface area contributed by atoms with E-state index in [4.69, 9.17) is 5.73 Å². The Hall–Kier alpha value is -0.570. The van der Waals surface area contributed by atoms with Crippen molar-refractivity contribution in [2.45, 2.75) is 89.1 Å². The molecule has 0 saturated heterocycles. The second-order valence-corrected chi connectivity index (χ2v) is 7.75. The average Bonchev–Trinajstić information content (AvgIpc) is 2.41. The van der Waals surface area contributed by atoms with Crippen LogP contribution in [-0.4, -0.2) is 18.0 Å². The molecular weight excluding hydrogens is 260 g/mol. The summed E-state index contributed by atoms with van der Waals surface area (Å²) in [5.74, 6) is 1.78. The smallest absolute Gasteiger partial charge is 0.223 e. The molecule has 2 unspecified atom stereocenters. The third-order valence-electron chi connectivity index (χ3n) is 6.24. The number of carbonyl (C=O) groups is 1. The number of nitrogens with two attached hydrogens (primary N) is 1. The first-order valence-corrected chi connectivity index (χ1v) is 9.30. The van der Waals surface area contributed by atoms with E-state index in [0.717, 1.165) is 12.8 Å². The molecule has 21 heavy (non-hydrogen) atoms. The quantitative estimate of drug-likeness (QED) is 0.820. The molecule has 0 heterocycles. The molecular formula is C18H32N2O. The van der Waals surface area contributed by atoms with Crippen LogP contribution >= 0.6 is 0 Å². The normalized spacial score (nSPS) is 38.3. The predicted octanol–water partition coefficient (Wildman–Crippen LogP) is 3.37. The van der Waals surface area contributed by atoms with E-state index in [2.05, 4.69) is 5.32 Å². The number of amides is 1. The molecule has 3 heteroatoms. The van der Waals surface area contributed by atoms with Crippen LogP contribution < -0.4 is 11.1 Å². The summed E-state index contributed by atoms with van der Waals surface area (Å²) in [6.07, 6.45) is 14.9. The van der Waals surface area contributed by atoms with Gasteiger partial charge in [0, 0.05) is 18.0 Å². The zero-order valence-electron chi connectivity index (χ0n) is 13.4. The van der Waals surface area contributed by atoms with E-state index in [1.165, 1.54) is 64.2 Å². The Kier molecular flexibility index (Phi) is 5.20. The van der Waals surface area contributed by atoms with Crippen LogP contribution in [-0.2, 0) is 4.79 Å². The van der Waals surface area contributed by atoms with E-state index in [1.807, 2.05) is 0 Å². The van der Waals surface area contributed by atoms with Gasteiger partial charge in [0.15, 0.2) is 0 Å². The van der Waals surface area contributed by atoms with Crippen LogP contribution in [0.2, 0.25) is 0 Å². The van der Waals surface area contributed by atoms with Gasteiger partial charge in [0.2, 0.25) is 5.91 Å². The zero-order valence-corrected chi connectivity index (χ0v) is 13.4. The van der Waals surface area contributed by atoms with E-state index in [9.17, 15) is 4.79 Å². The summed E-state index contributed by atoms with van der Waals surface area (Å²) in [5, 5.41) is 3.38. The number of rotatable bonds is 2. The lowest BCUT2D eigenvalue weighted by atomic mass is 9.65. The number of nitrogens with one attached hydrogen (secondary N) is 1. The van der Waals surface area contributed by atoms with E-state index < -0.39 is 0 Å². The van der Waals surface area contributed by atoms with Crippen LogP contribution in [0.4, 0.5) is 0 Å². The SMILES string of the molecule is NC1C2CCCC1CC(C(=O)NC1CCCCCCC1)C2. The van der Waals surface area contributed by atoms with Gasteiger partial charge in [0.05, 0.1) is 0 Å². The maximum Gasteiger partial charge on any atom is 0.223 e. The summed E-state index contributed by atoms with van der Waals surface area (Å²) in [5.41, 5.74) is 6.34. The van der Waals surface area contributed by atoms with Gasteiger partial charge in [-0.15, -0.1) is 0 Å². The Morgan fingerprint density at radius 1 is 0.810 bits per heavy atom. The van der Waals surface area contributed by atoms with Crippen molar-refractivity contribution in [1.29, 1.82) is 0 Å².